The first kappa shape index (κ1) is 20.4. The monoisotopic (exact) mass is 338 g/mol. The van der Waals surface area contributed by atoms with Crippen LogP contribution in [0.5, 0.6) is 0 Å². The average Bonchev–Trinajstić information content (AvgIpc) is 2.45. The van der Waals surface area contributed by atoms with Gasteiger partial charge in [0.15, 0.2) is 8.32 Å². The Hall–Kier alpha value is -0.683. The van der Waals surface area contributed by atoms with Crippen molar-refractivity contribution in [3.8, 4) is 0 Å². The highest BCUT2D eigenvalue weighted by Gasteiger charge is 2.38. The Morgan fingerprint density at radius 2 is 1.65 bits per heavy atom. The second-order valence-corrected chi connectivity index (χ2v) is 13.0. The maximum atomic E-state index is 10.5. The molecule has 1 aromatic rings. The number of ether oxygens (including phenoxy) is 1. The SMILES string of the molecule is CC(C)(C)[Si](C)(C)OC[C@](C)(O)CCCOCc1ccccc1. The summed E-state index contributed by atoms with van der Waals surface area (Å²) in [6.07, 6.45) is 1.52. The zero-order chi connectivity index (χ0) is 17.6. The molecule has 0 aliphatic carbocycles. The van der Waals surface area contributed by atoms with E-state index in [1.807, 2.05) is 25.1 Å². The highest BCUT2D eigenvalue weighted by molar-refractivity contribution is 6.74. The van der Waals surface area contributed by atoms with Crippen molar-refractivity contribution in [1.82, 2.24) is 0 Å². The highest BCUT2D eigenvalue weighted by atomic mass is 28.4. The van der Waals surface area contributed by atoms with Gasteiger partial charge in [-0.15, -0.1) is 0 Å². The molecule has 0 radical (unpaired) electrons. The van der Waals surface area contributed by atoms with Crippen LogP contribution in [0, 0.1) is 0 Å². The summed E-state index contributed by atoms with van der Waals surface area (Å²) in [4.78, 5) is 0. The largest absolute Gasteiger partial charge is 0.414 e. The molecule has 4 heteroatoms. The number of hydrogen-bond donors (Lipinski definition) is 1. The van der Waals surface area contributed by atoms with Crippen LogP contribution in [0.15, 0.2) is 30.3 Å². The number of rotatable bonds is 9. The normalized spacial score (nSPS) is 15.4. The Labute approximate surface area is 143 Å². The summed E-state index contributed by atoms with van der Waals surface area (Å²) in [5, 5.41) is 10.7. The van der Waals surface area contributed by atoms with Gasteiger partial charge in [0, 0.05) is 6.61 Å². The Morgan fingerprint density at radius 1 is 1.04 bits per heavy atom. The smallest absolute Gasteiger partial charge is 0.192 e. The molecule has 0 aliphatic rings. The summed E-state index contributed by atoms with van der Waals surface area (Å²) in [5.74, 6) is 0. The van der Waals surface area contributed by atoms with Gasteiger partial charge in [-0.05, 0) is 43.5 Å². The average molecular weight is 339 g/mol. The first-order valence-corrected chi connectivity index (χ1v) is 11.4. The predicted molar refractivity (Wildman–Crippen MR) is 99.1 cm³/mol. The van der Waals surface area contributed by atoms with E-state index in [4.69, 9.17) is 9.16 Å². The summed E-state index contributed by atoms with van der Waals surface area (Å²) < 4.78 is 11.8. The molecule has 0 amide bonds. The third-order valence-electron chi connectivity index (χ3n) is 4.67. The van der Waals surface area contributed by atoms with Crippen LogP contribution < -0.4 is 0 Å². The van der Waals surface area contributed by atoms with E-state index < -0.39 is 13.9 Å². The van der Waals surface area contributed by atoms with Crippen molar-refractivity contribution < 1.29 is 14.3 Å². The van der Waals surface area contributed by atoms with Gasteiger partial charge in [-0.1, -0.05) is 51.1 Å². The molecule has 0 heterocycles. The summed E-state index contributed by atoms with van der Waals surface area (Å²) >= 11 is 0. The fourth-order valence-corrected chi connectivity index (χ4v) is 3.05. The Bertz CT molecular complexity index is 449. The van der Waals surface area contributed by atoms with Crippen LogP contribution in [-0.4, -0.2) is 32.2 Å². The van der Waals surface area contributed by atoms with E-state index in [1.54, 1.807) is 0 Å². The van der Waals surface area contributed by atoms with Gasteiger partial charge in [0.1, 0.15) is 0 Å². The quantitative estimate of drug-likeness (QED) is 0.521. The summed E-state index contributed by atoms with van der Waals surface area (Å²) in [7, 11) is -1.80. The van der Waals surface area contributed by atoms with Crippen molar-refractivity contribution in [2.24, 2.45) is 0 Å². The minimum atomic E-state index is -1.80. The minimum absolute atomic E-state index is 0.169. The lowest BCUT2D eigenvalue weighted by Crippen LogP contribution is -2.45. The van der Waals surface area contributed by atoms with Crippen LogP contribution in [0.1, 0.15) is 46.1 Å². The van der Waals surface area contributed by atoms with E-state index in [2.05, 4.69) is 46.0 Å². The first-order chi connectivity index (χ1) is 10.5. The zero-order valence-electron chi connectivity index (χ0n) is 15.7. The first-order valence-electron chi connectivity index (χ1n) is 8.52. The minimum Gasteiger partial charge on any atom is -0.414 e. The number of benzene rings is 1. The zero-order valence-corrected chi connectivity index (χ0v) is 16.7. The lowest BCUT2D eigenvalue weighted by Gasteiger charge is -2.38. The van der Waals surface area contributed by atoms with E-state index >= 15 is 0 Å². The van der Waals surface area contributed by atoms with E-state index in [0.717, 1.165) is 6.42 Å². The molecule has 0 aliphatic heterocycles. The molecule has 0 unspecified atom stereocenters. The van der Waals surface area contributed by atoms with Crippen molar-refractivity contribution in [2.75, 3.05) is 13.2 Å². The fraction of sp³-hybridized carbons (Fsp3) is 0.684. The molecule has 0 bridgehead atoms. The van der Waals surface area contributed by atoms with Crippen molar-refractivity contribution in [1.29, 1.82) is 0 Å². The maximum Gasteiger partial charge on any atom is 0.192 e. The van der Waals surface area contributed by atoms with Gasteiger partial charge in [-0.25, -0.2) is 0 Å². The molecule has 1 aromatic carbocycles. The van der Waals surface area contributed by atoms with E-state index in [9.17, 15) is 5.11 Å². The van der Waals surface area contributed by atoms with Crippen LogP contribution in [0.2, 0.25) is 18.1 Å². The number of aliphatic hydroxyl groups is 1. The Kier molecular flexibility index (Phi) is 7.46. The van der Waals surface area contributed by atoms with Gasteiger partial charge in [-0.2, -0.15) is 0 Å². The lowest BCUT2D eigenvalue weighted by atomic mass is 10.0. The van der Waals surface area contributed by atoms with Crippen LogP contribution in [0.25, 0.3) is 0 Å². The molecule has 1 N–H and O–H groups in total. The summed E-state index contributed by atoms with van der Waals surface area (Å²) in [5.41, 5.74) is 0.395. The van der Waals surface area contributed by atoms with Gasteiger partial charge in [-0.3, -0.25) is 0 Å². The maximum absolute atomic E-state index is 10.5. The van der Waals surface area contributed by atoms with Crippen molar-refractivity contribution in [3.05, 3.63) is 35.9 Å². The Morgan fingerprint density at radius 3 is 2.22 bits per heavy atom. The molecule has 1 atom stereocenters. The van der Waals surface area contributed by atoms with Crippen LogP contribution >= 0.6 is 0 Å². The van der Waals surface area contributed by atoms with Crippen molar-refractivity contribution in [2.45, 2.75) is 70.9 Å². The van der Waals surface area contributed by atoms with Gasteiger partial charge >= 0.3 is 0 Å². The standard InChI is InChI=1S/C19H34O3Si/c1-18(2,3)23(5,6)22-16-19(4,20)13-10-14-21-15-17-11-8-7-9-12-17/h7-9,11-12,20H,10,13-16H2,1-6H3/t19-/m1/s1. The van der Waals surface area contributed by atoms with E-state index in [-0.39, 0.29) is 5.04 Å². The second kappa shape index (κ2) is 8.43. The van der Waals surface area contributed by atoms with Crippen molar-refractivity contribution in [3.63, 3.8) is 0 Å². The summed E-state index contributed by atoms with van der Waals surface area (Å²) in [6.45, 7) is 14.6. The second-order valence-electron chi connectivity index (χ2n) is 8.19. The molecule has 3 nitrogen and oxygen atoms in total. The molecule has 23 heavy (non-hydrogen) atoms. The molecular weight excluding hydrogens is 304 g/mol. The van der Waals surface area contributed by atoms with Crippen LogP contribution in [0.3, 0.4) is 0 Å². The lowest BCUT2D eigenvalue weighted by molar-refractivity contribution is -0.00915. The van der Waals surface area contributed by atoms with Gasteiger partial charge in [0.25, 0.3) is 0 Å². The third kappa shape index (κ3) is 7.62. The van der Waals surface area contributed by atoms with Crippen LogP contribution in [0.4, 0.5) is 0 Å². The fourth-order valence-electron chi connectivity index (χ4n) is 1.94. The van der Waals surface area contributed by atoms with Gasteiger partial charge in [0.2, 0.25) is 0 Å². The molecule has 132 valence electrons. The molecule has 1 rings (SSSR count). The highest BCUT2D eigenvalue weighted by Crippen LogP contribution is 2.37. The van der Waals surface area contributed by atoms with Gasteiger partial charge < -0.3 is 14.3 Å². The molecule has 0 spiro atoms. The van der Waals surface area contributed by atoms with E-state index in [1.165, 1.54) is 5.56 Å². The molecule has 0 aromatic heterocycles. The number of hydrogen-bond acceptors (Lipinski definition) is 3. The molecule has 0 fully saturated rings. The predicted octanol–water partition coefficient (Wildman–Crippen LogP) is 4.76. The van der Waals surface area contributed by atoms with E-state index in [0.29, 0.717) is 26.2 Å². The van der Waals surface area contributed by atoms with Crippen molar-refractivity contribution >= 4 is 8.32 Å². The molecule has 0 saturated heterocycles. The topological polar surface area (TPSA) is 38.7 Å². The third-order valence-corrected chi connectivity index (χ3v) is 9.14. The Balaban J connectivity index is 2.25. The molecular formula is C19H34O3Si. The van der Waals surface area contributed by atoms with Crippen LogP contribution in [-0.2, 0) is 15.8 Å². The molecule has 0 saturated carbocycles. The summed E-state index contributed by atoms with van der Waals surface area (Å²) in [6, 6.07) is 10.2. The van der Waals surface area contributed by atoms with Gasteiger partial charge in [0.05, 0.1) is 18.8 Å².